The van der Waals surface area contributed by atoms with Gasteiger partial charge in [-0.2, -0.15) is 32.7 Å². The van der Waals surface area contributed by atoms with Crippen molar-refractivity contribution in [1.82, 2.24) is 0 Å². The van der Waals surface area contributed by atoms with Crippen LogP contribution in [0, 0.1) is 0 Å². The smallest absolute Gasteiger partial charge is 0.317 e. The average molecular weight is 588 g/mol. The fourth-order valence-electron chi connectivity index (χ4n) is 3.70. The van der Waals surface area contributed by atoms with Gasteiger partial charge in [-0.1, -0.05) is 40.8 Å². The van der Waals surface area contributed by atoms with E-state index in [1.807, 2.05) is 35.0 Å². The zero-order valence-corrected chi connectivity index (χ0v) is 22.4. The maximum atomic E-state index is 11.9. The van der Waals surface area contributed by atoms with Gasteiger partial charge < -0.3 is 4.90 Å². The number of fused-ring (bicyclic) bond motifs is 2. The van der Waals surface area contributed by atoms with Crippen molar-refractivity contribution in [3.8, 4) is 11.1 Å². The monoisotopic (exact) mass is 587 g/mol. The number of thiophene rings is 1. The zero-order chi connectivity index (χ0) is 25.0. The minimum atomic E-state index is -4.39. The summed E-state index contributed by atoms with van der Waals surface area (Å²) in [4.78, 5) is 2.13. The molecule has 1 aliphatic heterocycles. The van der Waals surface area contributed by atoms with Gasteiger partial charge in [-0.25, -0.2) is 0 Å². The molecule has 0 atom stereocenters. The van der Waals surface area contributed by atoms with Crippen molar-refractivity contribution >= 4 is 88.3 Å². The van der Waals surface area contributed by atoms with Crippen molar-refractivity contribution in [2.45, 2.75) is 10.8 Å². The second kappa shape index (κ2) is 9.16. The summed E-state index contributed by atoms with van der Waals surface area (Å²) in [5.74, 6) is -1.38. The number of benzene rings is 2. The van der Waals surface area contributed by atoms with Crippen molar-refractivity contribution in [3.05, 3.63) is 68.3 Å². The summed E-state index contributed by atoms with van der Waals surface area (Å²) < 4.78 is 68.8. The van der Waals surface area contributed by atoms with Crippen molar-refractivity contribution < 1.29 is 30.5 Å². The topological polar surface area (TPSA) is 116 Å². The summed E-state index contributed by atoms with van der Waals surface area (Å²) in [5, 5.41) is 5.25. The van der Waals surface area contributed by atoms with Crippen LogP contribution < -0.4 is 9.47 Å². The molecule has 1 aliphatic rings. The van der Waals surface area contributed by atoms with Gasteiger partial charge in [0.15, 0.2) is 5.88 Å². The molecule has 0 bridgehead atoms. The lowest BCUT2D eigenvalue weighted by atomic mass is 10.1. The van der Waals surface area contributed by atoms with Gasteiger partial charge in [-0.05, 0) is 52.2 Å². The Morgan fingerprint density at radius 3 is 2.49 bits per heavy atom. The highest BCUT2D eigenvalue weighted by atomic mass is 35.5. The van der Waals surface area contributed by atoms with E-state index in [0.717, 1.165) is 20.7 Å². The van der Waals surface area contributed by atoms with E-state index in [1.54, 1.807) is 35.6 Å². The molecule has 0 amide bonds. The van der Waals surface area contributed by atoms with E-state index in [0.29, 0.717) is 26.3 Å². The maximum absolute atomic E-state index is 11.9. The van der Waals surface area contributed by atoms with E-state index >= 15 is 0 Å². The Labute approximate surface area is 218 Å². The largest absolute Gasteiger partial charge is 0.326 e. The highest BCUT2D eigenvalue weighted by Gasteiger charge is 2.32. The average Bonchev–Trinajstić information content (AvgIpc) is 3.46. The van der Waals surface area contributed by atoms with E-state index in [1.165, 1.54) is 32.6 Å². The molecule has 0 unspecified atom stereocenters. The first kappa shape index (κ1) is 24.7. The first-order chi connectivity index (χ1) is 16.5. The lowest BCUT2D eigenvalue weighted by molar-refractivity contribution is -0.649. The second-order valence-corrected chi connectivity index (χ2v) is 13.8. The van der Waals surface area contributed by atoms with E-state index in [2.05, 4.69) is 0 Å². The van der Waals surface area contributed by atoms with Crippen molar-refractivity contribution in [1.29, 1.82) is 0 Å². The molecule has 0 saturated heterocycles. The lowest BCUT2D eigenvalue weighted by Gasteiger charge is -2.18. The first-order valence-electron chi connectivity index (χ1n) is 9.83. The highest BCUT2D eigenvalue weighted by Crippen LogP contribution is 2.48. The summed E-state index contributed by atoms with van der Waals surface area (Å²) in [7, 11) is -8.79. The molecule has 35 heavy (non-hydrogen) atoms. The molecule has 8 nitrogen and oxygen atoms in total. The van der Waals surface area contributed by atoms with Crippen molar-refractivity contribution in [2.75, 3.05) is 10.8 Å². The van der Waals surface area contributed by atoms with Gasteiger partial charge in [0.2, 0.25) is 5.52 Å². The van der Waals surface area contributed by atoms with Gasteiger partial charge in [0.25, 0.3) is 21.0 Å². The molecular weight excluding hydrogens is 572 g/mol. The molecule has 2 aromatic carbocycles. The molecule has 2 aromatic heterocycles. The van der Waals surface area contributed by atoms with Gasteiger partial charge in [0, 0.05) is 16.0 Å². The standard InChI is InChI=1S/C21H15ClN2O6S5/c22-15-2-4-19-17(8-15)24(12-35(28,29)30)21(33-19)9-20-23(11-34(25,26)27)16-7-13(1-3-18(16)32-20)14-5-6-31-10-14/h1-10H,11-12H2,(H-,25,26,27,28,29,30)/p+1. The molecule has 4 aromatic rings. The molecule has 0 aliphatic carbocycles. The Morgan fingerprint density at radius 2 is 1.80 bits per heavy atom. The van der Waals surface area contributed by atoms with E-state index in [-0.39, 0.29) is 0 Å². The molecule has 182 valence electrons. The normalized spacial score (nSPS) is 15.3. The Morgan fingerprint density at radius 1 is 1.00 bits per heavy atom. The number of halogens is 1. The van der Waals surface area contributed by atoms with Crippen LogP contribution in [0.5, 0.6) is 0 Å². The molecule has 0 radical (unpaired) electrons. The minimum absolute atomic E-state index is 0.398. The summed E-state index contributed by atoms with van der Waals surface area (Å²) in [6, 6.07) is 12.6. The third-order valence-electron chi connectivity index (χ3n) is 5.11. The van der Waals surface area contributed by atoms with Gasteiger partial charge in [0.1, 0.15) is 4.70 Å². The van der Waals surface area contributed by atoms with Crippen LogP contribution in [-0.4, -0.2) is 31.8 Å². The number of hydrogen-bond donors (Lipinski definition) is 2. The van der Waals surface area contributed by atoms with Crippen LogP contribution >= 0.6 is 46.0 Å². The lowest BCUT2D eigenvalue weighted by Crippen LogP contribution is -2.39. The van der Waals surface area contributed by atoms with E-state index in [4.69, 9.17) is 11.6 Å². The van der Waals surface area contributed by atoms with Crippen LogP contribution in [0.1, 0.15) is 5.01 Å². The molecule has 0 spiro atoms. The fourth-order valence-corrected chi connectivity index (χ4v) is 8.13. The Bertz CT molecular complexity index is 1700. The fraction of sp³-hybridized carbons (Fsp3) is 0.0952. The zero-order valence-electron chi connectivity index (χ0n) is 17.5. The molecule has 14 heteroatoms. The van der Waals surface area contributed by atoms with Crippen molar-refractivity contribution in [3.63, 3.8) is 0 Å². The quantitative estimate of drug-likeness (QED) is 0.234. The second-order valence-electron chi connectivity index (χ2n) is 7.61. The Kier molecular flexibility index (Phi) is 6.47. The molecule has 0 saturated carbocycles. The Hall–Kier alpha value is -1.97. The molecular formula is C21H16ClN2O6S5+. The van der Waals surface area contributed by atoms with Crippen LogP contribution in [0.3, 0.4) is 0 Å². The number of nitrogens with zero attached hydrogens (tertiary/aromatic N) is 2. The van der Waals surface area contributed by atoms with E-state index in [9.17, 15) is 25.9 Å². The van der Waals surface area contributed by atoms with Crippen LogP contribution in [0.2, 0.25) is 5.02 Å². The third kappa shape index (κ3) is 5.42. The Balaban J connectivity index is 1.68. The summed E-state index contributed by atoms with van der Waals surface area (Å²) in [6.45, 7) is 0. The molecule has 3 heterocycles. The van der Waals surface area contributed by atoms with Crippen molar-refractivity contribution in [2.24, 2.45) is 0 Å². The van der Waals surface area contributed by atoms with Gasteiger partial charge in [-0.3, -0.25) is 9.11 Å². The highest BCUT2D eigenvalue weighted by molar-refractivity contribution is 8.04. The summed E-state index contributed by atoms with van der Waals surface area (Å²) in [6.07, 6.45) is 1.64. The third-order valence-corrected chi connectivity index (χ3v) is 9.42. The van der Waals surface area contributed by atoms with Crippen LogP contribution in [0.4, 0.5) is 5.69 Å². The van der Waals surface area contributed by atoms with Crippen LogP contribution in [0.15, 0.2) is 63.1 Å². The maximum Gasteiger partial charge on any atom is 0.326 e. The van der Waals surface area contributed by atoms with Gasteiger partial charge >= 0.3 is 10.1 Å². The predicted molar refractivity (Wildman–Crippen MR) is 141 cm³/mol. The molecule has 5 rings (SSSR count). The number of hydrogen-bond acceptors (Lipinski definition) is 8. The van der Waals surface area contributed by atoms with E-state index < -0.39 is 32.0 Å². The number of aromatic nitrogens is 1. The molecule has 0 fully saturated rings. The van der Waals surface area contributed by atoms with Gasteiger partial charge in [-0.15, -0.1) is 0 Å². The number of thiazole rings is 1. The summed E-state index contributed by atoms with van der Waals surface area (Å²) >= 11 is 10.2. The SMILES string of the molecule is O=S(=O)(O)CN1C(=Cc2sc3ccc(-c4ccsc4)cc3[n+]2CS(=O)(=O)O)Sc2ccc(Cl)cc21. The number of anilines is 1. The first-order valence-corrected chi connectivity index (χ1v) is 16.0. The number of rotatable bonds is 6. The predicted octanol–water partition coefficient (Wildman–Crippen LogP) is 5.17. The number of thioether (sulfide) groups is 1. The van der Waals surface area contributed by atoms with Gasteiger partial charge in [0.05, 0.1) is 16.8 Å². The van der Waals surface area contributed by atoms with Crippen LogP contribution in [0.25, 0.3) is 27.4 Å². The molecule has 2 N–H and O–H groups in total. The van der Waals surface area contributed by atoms with Crippen LogP contribution in [-0.2, 0) is 26.1 Å². The minimum Gasteiger partial charge on any atom is -0.317 e. The summed E-state index contributed by atoms with van der Waals surface area (Å²) in [5.41, 5.74) is 2.99.